The number of nitrogens with one attached hydrogen (secondary N) is 2. The van der Waals surface area contributed by atoms with E-state index in [-0.39, 0.29) is 0 Å². The molecule has 20 heavy (non-hydrogen) atoms. The van der Waals surface area contributed by atoms with Crippen molar-refractivity contribution in [1.29, 1.82) is 0 Å². The first kappa shape index (κ1) is 5.10. The summed E-state index contributed by atoms with van der Waals surface area (Å²) in [5, 5.41) is -0.821. The number of carbonyl (C=O) groups is 1. The van der Waals surface area contributed by atoms with Crippen molar-refractivity contribution in [3.8, 4) is 0 Å². The van der Waals surface area contributed by atoms with Crippen LogP contribution in [0.15, 0.2) is 17.3 Å². The molecule has 2 fully saturated rings. The van der Waals surface area contributed by atoms with Gasteiger partial charge in [0, 0.05) is 40.7 Å². The van der Waals surface area contributed by atoms with Crippen molar-refractivity contribution in [3.05, 3.63) is 12.4 Å². The van der Waals surface area contributed by atoms with Gasteiger partial charge in [0.05, 0.1) is 11.4 Å². The summed E-state index contributed by atoms with van der Waals surface area (Å²) in [6.07, 6.45) is -11.5. The van der Waals surface area contributed by atoms with Crippen molar-refractivity contribution in [2.75, 3.05) is 6.50 Å². The summed E-state index contributed by atoms with van der Waals surface area (Å²) >= 11 is 0. The summed E-state index contributed by atoms with van der Waals surface area (Å²) in [4.78, 5) is 11.9. The zero-order chi connectivity index (χ0) is 26.0. The maximum atomic E-state index is 13.5. The van der Waals surface area contributed by atoms with Crippen LogP contribution in [0.25, 0.3) is 0 Å². The van der Waals surface area contributed by atoms with Gasteiger partial charge in [0.25, 0.3) is 0 Å². The Balaban J connectivity index is 2.56. The van der Waals surface area contributed by atoms with Crippen LogP contribution in [0.1, 0.15) is 34.2 Å². The molecule has 1 aromatic heterocycles. The number of hydrogen-bond acceptors (Lipinski definition) is 5. The molecule has 1 aliphatic heterocycles. The second-order valence-electron chi connectivity index (χ2n) is 3.92. The SMILES string of the molecule is [2H]N1C(=O)C2([2H])C([2H])([2H])C([2H])([2H])C([2H])(S(=O)(=O)c3cnn(C)c3)C([2H])([2H])C2([2H])C([2H])([2H])N1[2H]. The summed E-state index contributed by atoms with van der Waals surface area (Å²) in [6.45, 7) is -3.98. The minimum atomic E-state index is -5.67. The topological polar surface area (TPSA) is 93.1 Å². The van der Waals surface area contributed by atoms with Gasteiger partial charge < -0.3 is 0 Å². The Bertz CT molecular complexity index is 1140. The van der Waals surface area contributed by atoms with E-state index in [9.17, 15) is 13.2 Å². The summed E-state index contributed by atoms with van der Waals surface area (Å²) in [7, 11) is -4.43. The van der Waals surface area contributed by atoms with Gasteiger partial charge in [0.15, 0.2) is 11.2 Å². The highest BCUT2D eigenvalue weighted by Gasteiger charge is 2.42. The summed E-state index contributed by atoms with van der Waals surface area (Å²) in [5.41, 5.74) is -1.35. The molecule has 1 aliphatic carbocycles. The molecule has 2 aliphatic rings. The first-order valence-electron chi connectivity index (χ1n) is 11.7. The average molecular weight is 311 g/mol. The molecule has 2 N–H and O–H groups in total. The Kier molecular flexibility index (Phi) is 1.24. The van der Waals surface area contributed by atoms with Crippen molar-refractivity contribution in [2.24, 2.45) is 18.8 Å². The highest BCUT2D eigenvalue weighted by atomic mass is 32.2. The van der Waals surface area contributed by atoms with Crippen molar-refractivity contribution in [3.63, 3.8) is 0 Å². The summed E-state index contributed by atoms with van der Waals surface area (Å²) in [5.74, 6) is -10.6. The third-order valence-electron chi connectivity index (χ3n) is 2.57. The van der Waals surface area contributed by atoms with Crippen LogP contribution in [0.3, 0.4) is 0 Å². The lowest BCUT2D eigenvalue weighted by molar-refractivity contribution is -0.131. The van der Waals surface area contributed by atoms with Crippen LogP contribution in [-0.4, -0.2) is 35.8 Å². The number of aromatic nitrogens is 2. The highest BCUT2D eigenvalue weighted by Crippen LogP contribution is 2.36. The van der Waals surface area contributed by atoms with Gasteiger partial charge in [-0.05, 0) is 25.0 Å². The maximum Gasteiger partial charge on any atom is 0.237 e. The van der Waals surface area contributed by atoms with Crippen molar-refractivity contribution in [2.45, 2.75) is 29.2 Å². The number of sulfone groups is 1. The molecule has 0 bridgehead atoms. The first-order valence-corrected chi connectivity index (χ1v) is 6.82. The molecule has 1 aromatic rings. The number of aryl methyl sites for hydroxylation is 1. The van der Waals surface area contributed by atoms with E-state index in [4.69, 9.17) is 17.9 Å². The molecule has 7 nitrogen and oxygen atoms in total. The number of rotatable bonds is 2. The van der Waals surface area contributed by atoms with Crippen LogP contribution < -0.4 is 10.8 Å². The Morgan fingerprint density at radius 3 is 3.10 bits per heavy atom. The average Bonchev–Trinajstić information content (AvgIpc) is 3.14. The molecule has 1 amide bonds. The second kappa shape index (κ2) is 4.85. The summed E-state index contributed by atoms with van der Waals surface area (Å²) in [6, 6.07) is 0. The van der Waals surface area contributed by atoms with Crippen molar-refractivity contribution in [1.82, 2.24) is 20.6 Å². The number of hydrogen-bond donors (Lipinski definition) is 2. The molecule has 0 aromatic carbocycles. The van der Waals surface area contributed by atoms with Gasteiger partial charge in [-0.2, -0.15) is 5.10 Å². The molecule has 2 heterocycles. The number of hydrazine groups is 1. The molecule has 1 saturated heterocycles. The normalized spacial score (nSPS) is 62.8. The van der Waals surface area contributed by atoms with E-state index in [1.165, 1.54) is 7.05 Å². The molecule has 0 spiro atoms. The van der Waals surface area contributed by atoms with Gasteiger partial charge in [-0.1, -0.05) is 0 Å². The Hall–Kier alpha value is -1.41. The number of carbonyl (C=O) groups excluding carboxylic acids is 1. The smallest absolute Gasteiger partial charge is 0.237 e. The van der Waals surface area contributed by atoms with Gasteiger partial charge in [-0.15, -0.1) is 0 Å². The fourth-order valence-electron chi connectivity index (χ4n) is 1.59. The van der Waals surface area contributed by atoms with Gasteiger partial charge in [-0.25, -0.2) is 13.8 Å². The predicted octanol–water partition coefficient (Wildman–Crippen LogP) is -0.387. The van der Waals surface area contributed by atoms with E-state index in [1.54, 1.807) is 0 Å². The zero-order valence-corrected chi connectivity index (χ0v) is 10.9. The van der Waals surface area contributed by atoms with E-state index in [1.807, 2.05) is 0 Å². The van der Waals surface area contributed by atoms with Crippen LogP contribution in [0, 0.1) is 11.8 Å². The van der Waals surface area contributed by atoms with Crippen molar-refractivity contribution < 1.29 is 31.1 Å². The third-order valence-corrected chi connectivity index (χ3v) is 4.14. The second-order valence-corrected chi connectivity index (χ2v) is 5.81. The summed E-state index contributed by atoms with van der Waals surface area (Å²) < 4.78 is 135. The van der Waals surface area contributed by atoms with Crippen molar-refractivity contribution >= 4 is 15.7 Å². The highest BCUT2D eigenvalue weighted by molar-refractivity contribution is 7.92. The molecule has 110 valence electrons. The predicted molar refractivity (Wildman–Crippen MR) is 71.2 cm³/mol. The molecule has 3 atom stereocenters. The zero-order valence-electron chi connectivity index (χ0n) is 23.1. The first-order chi connectivity index (χ1) is 14.5. The lowest BCUT2D eigenvalue weighted by atomic mass is 9.77. The quantitative estimate of drug-likeness (QED) is 0.776. The van der Waals surface area contributed by atoms with Crippen LogP contribution in [-0.2, 0) is 21.7 Å². The Morgan fingerprint density at radius 1 is 1.60 bits per heavy atom. The van der Waals surface area contributed by atoms with Gasteiger partial charge in [0.2, 0.25) is 5.91 Å². The van der Waals surface area contributed by atoms with Crippen LogP contribution in [0.5, 0.6) is 0 Å². The number of nitrogens with zero attached hydrogens (tertiary/aromatic N) is 2. The third kappa shape index (κ3) is 2.22. The molecule has 3 rings (SSSR count). The van der Waals surface area contributed by atoms with Crippen LogP contribution in [0.4, 0.5) is 0 Å². The molecular weight excluding hydrogens is 280 g/mol. The van der Waals surface area contributed by atoms with Crippen LogP contribution in [0.2, 0.25) is 2.82 Å². The van der Waals surface area contributed by atoms with Crippen LogP contribution >= 0.6 is 0 Å². The molecule has 8 heteroatoms. The van der Waals surface area contributed by atoms with E-state index in [2.05, 4.69) is 5.10 Å². The fourth-order valence-corrected chi connectivity index (χ4v) is 2.73. The molecule has 1 saturated carbocycles. The Morgan fingerprint density at radius 2 is 2.40 bits per heavy atom. The molecule has 0 radical (unpaired) electrons. The van der Waals surface area contributed by atoms with E-state index in [0.29, 0.717) is 6.20 Å². The van der Waals surface area contributed by atoms with E-state index < -0.39 is 74.1 Å². The lowest BCUT2D eigenvalue weighted by Crippen LogP contribution is -2.55. The Labute approximate surface area is 136 Å². The molecular formula is C12H18N4O3S. The minimum Gasteiger partial charge on any atom is -0.291 e. The fraction of sp³-hybridized carbons (Fsp3) is 0.667. The largest absolute Gasteiger partial charge is 0.291 e. The minimum absolute atomic E-state index is 0.607. The number of fused-ring (bicyclic) bond motifs is 1. The van der Waals surface area contributed by atoms with E-state index >= 15 is 0 Å². The number of amides is 1. The standard InChI is InChI=1S/C12H18N4O3S/c1-16-7-10(6-14-16)20(18,19)9-2-3-11-8(4-9)5-13-15-12(11)17/h6-9,11,13H,2-5H2,1H3,(H,15,17)/i2D2,3D2,4D2,5D2,8D,9D,11D/hD2. The van der Waals surface area contributed by atoms with Gasteiger partial charge in [-0.3, -0.25) is 14.9 Å². The monoisotopic (exact) mass is 311 g/mol. The van der Waals surface area contributed by atoms with Gasteiger partial charge >= 0.3 is 0 Å². The van der Waals surface area contributed by atoms with E-state index in [0.717, 1.165) is 10.9 Å². The van der Waals surface area contributed by atoms with Gasteiger partial charge in [0.1, 0.15) is 6.31 Å². The maximum absolute atomic E-state index is 13.5. The lowest BCUT2D eigenvalue weighted by Gasteiger charge is -2.38. The molecule has 3 unspecified atom stereocenters.